The van der Waals surface area contributed by atoms with Crippen LogP contribution < -0.4 is 10.2 Å². The Bertz CT molecular complexity index is 925. The van der Waals surface area contributed by atoms with Crippen molar-refractivity contribution in [2.24, 2.45) is 5.10 Å². The van der Waals surface area contributed by atoms with Crippen molar-refractivity contribution in [1.82, 2.24) is 0 Å². The lowest BCUT2D eigenvalue weighted by molar-refractivity contribution is -0.393. The van der Waals surface area contributed by atoms with Crippen LogP contribution in [0.3, 0.4) is 0 Å². The predicted molar refractivity (Wildman–Crippen MR) is 107 cm³/mol. The first-order valence-electron chi connectivity index (χ1n) is 8.73. The zero-order valence-electron chi connectivity index (χ0n) is 16.1. The van der Waals surface area contributed by atoms with Gasteiger partial charge in [-0.25, -0.2) is 0 Å². The number of aryl methyl sites for hydroxylation is 1. The summed E-state index contributed by atoms with van der Waals surface area (Å²) in [4.78, 5) is 20.6. The van der Waals surface area contributed by atoms with E-state index in [1.165, 1.54) is 12.1 Å². The first-order chi connectivity index (χ1) is 13.2. The first-order valence-corrected chi connectivity index (χ1v) is 8.73. The average molecular weight is 386 g/mol. The van der Waals surface area contributed by atoms with E-state index < -0.39 is 15.5 Å². The van der Waals surface area contributed by atoms with E-state index in [4.69, 9.17) is 4.74 Å². The van der Waals surface area contributed by atoms with E-state index >= 15 is 0 Å². The van der Waals surface area contributed by atoms with Gasteiger partial charge >= 0.3 is 5.69 Å². The van der Waals surface area contributed by atoms with Crippen molar-refractivity contribution in [2.75, 3.05) is 12.0 Å². The molecule has 2 rings (SSSR count). The molecule has 9 nitrogen and oxygen atoms in total. The van der Waals surface area contributed by atoms with Crippen molar-refractivity contribution in [1.29, 1.82) is 0 Å². The van der Waals surface area contributed by atoms with Crippen molar-refractivity contribution >= 4 is 23.3 Å². The molecule has 0 saturated carbocycles. The van der Waals surface area contributed by atoms with Crippen LogP contribution in [-0.4, -0.2) is 22.7 Å². The molecule has 0 aliphatic heterocycles. The lowest BCUT2D eigenvalue weighted by Crippen LogP contribution is -2.02. The van der Waals surface area contributed by atoms with Gasteiger partial charge in [0.15, 0.2) is 0 Å². The zero-order valence-corrected chi connectivity index (χ0v) is 16.1. The average Bonchev–Trinajstić information content (AvgIpc) is 2.63. The van der Waals surface area contributed by atoms with Gasteiger partial charge in [-0.15, -0.1) is 0 Å². The normalized spacial score (nSPS) is 11.0. The second-order valence-corrected chi connectivity index (χ2v) is 6.42. The third-order valence-electron chi connectivity index (χ3n) is 4.10. The van der Waals surface area contributed by atoms with Gasteiger partial charge in [-0.2, -0.15) is 5.10 Å². The number of hydrazone groups is 1. The molecule has 0 aliphatic rings. The summed E-state index contributed by atoms with van der Waals surface area (Å²) in [6, 6.07) is 7.26. The maximum absolute atomic E-state index is 11.2. The molecule has 1 N–H and O–H groups in total. The molecule has 0 fully saturated rings. The Morgan fingerprint density at radius 3 is 2.46 bits per heavy atom. The van der Waals surface area contributed by atoms with Crippen molar-refractivity contribution in [3.8, 4) is 5.75 Å². The van der Waals surface area contributed by atoms with E-state index in [1.54, 1.807) is 6.21 Å². The highest BCUT2D eigenvalue weighted by molar-refractivity contribution is 5.83. The van der Waals surface area contributed by atoms with Gasteiger partial charge < -0.3 is 4.74 Å². The summed E-state index contributed by atoms with van der Waals surface area (Å²) in [5.74, 6) is 1.07. The fraction of sp³-hybridized carbons (Fsp3) is 0.316. The van der Waals surface area contributed by atoms with Crippen LogP contribution in [0.2, 0.25) is 0 Å². The fourth-order valence-electron chi connectivity index (χ4n) is 2.64. The highest BCUT2D eigenvalue weighted by Crippen LogP contribution is 2.30. The van der Waals surface area contributed by atoms with Gasteiger partial charge in [-0.3, -0.25) is 25.7 Å². The minimum atomic E-state index is -0.691. The number of nitrogens with one attached hydrogen (secondary N) is 1. The van der Waals surface area contributed by atoms with Crippen LogP contribution >= 0.6 is 0 Å². The number of hydrogen-bond donors (Lipinski definition) is 1. The van der Waals surface area contributed by atoms with Crippen LogP contribution in [0, 0.1) is 27.2 Å². The predicted octanol–water partition coefficient (Wildman–Crippen LogP) is 4.78. The van der Waals surface area contributed by atoms with E-state index in [0.29, 0.717) is 6.61 Å². The summed E-state index contributed by atoms with van der Waals surface area (Å²) in [5, 5.41) is 26.1. The van der Waals surface area contributed by atoms with Gasteiger partial charge in [-0.05, 0) is 54.7 Å². The minimum absolute atomic E-state index is 0.0690. The summed E-state index contributed by atoms with van der Waals surface area (Å²) in [5.41, 5.74) is 4.71. The highest BCUT2D eigenvalue weighted by Gasteiger charge is 2.19. The molecular formula is C19H22N4O5. The maximum atomic E-state index is 11.2. The number of nitrogens with zero attached hydrogens (tertiary/aromatic N) is 3. The Hall–Kier alpha value is -3.49. The second-order valence-electron chi connectivity index (χ2n) is 6.42. The van der Waals surface area contributed by atoms with Crippen molar-refractivity contribution < 1.29 is 14.6 Å². The monoisotopic (exact) mass is 386 g/mol. The quantitative estimate of drug-likeness (QED) is 0.396. The van der Waals surface area contributed by atoms with Gasteiger partial charge in [0.1, 0.15) is 11.4 Å². The third-order valence-corrected chi connectivity index (χ3v) is 4.10. The molecule has 0 radical (unpaired) electrons. The summed E-state index contributed by atoms with van der Waals surface area (Å²) < 4.78 is 5.69. The van der Waals surface area contributed by atoms with Gasteiger partial charge in [0.25, 0.3) is 5.69 Å². The highest BCUT2D eigenvalue weighted by atomic mass is 16.6. The number of nitro groups is 2. The maximum Gasteiger partial charge on any atom is 0.301 e. The molecule has 2 aromatic carbocycles. The summed E-state index contributed by atoms with van der Waals surface area (Å²) in [6.45, 7) is 8.54. The number of nitro benzene ring substituents is 2. The molecule has 148 valence electrons. The Morgan fingerprint density at radius 1 is 1.18 bits per heavy atom. The van der Waals surface area contributed by atoms with Crippen LogP contribution in [0.1, 0.15) is 43.4 Å². The molecule has 0 unspecified atom stereocenters. The molecule has 0 saturated heterocycles. The standard InChI is InChI=1S/C19H22N4O5/c1-5-28-19-8-13(4)14(9-16(19)12(2)3)11-20-21-17-7-6-15(22(24)25)10-18(17)23(26)27/h6-12,21H,5H2,1-4H3/b20-11+. The second kappa shape index (κ2) is 8.94. The van der Waals surface area contributed by atoms with Gasteiger partial charge in [0.2, 0.25) is 0 Å². The summed E-state index contributed by atoms with van der Waals surface area (Å²) in [7, 11) is 0. The topological polar surface area (TPSA) is 120 Å². The summed E-state index contributed by atoms with van der Waals surface area (Å²) >= 11 is 0. The van der Waals surface area contributed by atoms with Crippen molar-refractivity contribution in [2.45, 2.75) is 33.6 Å². The Morgan fingerprint density at radius 2 is 1.89 bits per heavy atom. The lowest BCUT2D eigenvalue weighted by atomic mass is 9.97. The molecule has 0 bridgehead atoms. The van der Waals surface area contributed by atoms with Gasteiger partial charge in [0.05, 0.1) is 28.7 Å². The molecule has 0 heterocycles. The molecule has 0 amide bonds. The number of non-ortho nitro benzene ring substituents is 1. The van der Waals surface area contributed by atoms with Crippen molar-refractivity contribution in [3.63, 3.8) is 0 Å². The number of anilines is 1. The molecular weight excluding hydrogens is 364 g/mol. The molecule has 0 spiro atoms. The number of hydrogen-bond acceptors (Lipinski definition) is 7. The SMILES string of the molecule is CCOc1cc(C)c(/C=N/Nc2ccc([N+](=O)[O-])cc2[N+](=O)[O-])cc1C(C)C. The van der Waals surface area contributed by atoms with E-state index in [9.17, 15) is 20.2 Å². The van der Waals surface area contributed by atoms with Gasteiger partial charge in [0, 0.05) is 6.07 Å². The molecule has 0 aliphatic carbocycles. The smallest absolute Gasteiger partial charge is 0.301 e. The van der Waals surface area contributed by atoms with Crippen LogP contribution in [-0.2, 0) is 0 Å². The van der Waals surface area contributed by atoms with Crippen LogP contribution in [0.4, 0.5) is 17.1 Å². The molecule has 0 atom stereocenters. The van der Waals surface area contributed by atoms with Crippen LogP contribution in [0.25, 0.3) is 0 Å². The van der Waals surface area contributed by atoms with E-state index in [2.05, 4.69) is 24.4 Å². The number of rotatable bonds is 8. The molecule has 2 aromatic rings. The molecule has 28 heavy (non-hydrogen) atoms. The molecule has 0 aromatic heterocycles. The Labute approximate surface area is 162 Å². The minimum Gasteiger partial charge on any atom is -0.494 e. The largest absolute Gasteiger partial charge is 0.494 e. The molecule has 9 heteroatoms. The Kier molecular flexibility index (Phi) is 6.64. The Balaban J connectivity index is 2.31. The van der Waals surface area contributed by atoms with E-state index in [0.717, 1.165) is 28.5 Å². The fourth-order valence-corrected chi connectivity index (χ4v) is 2.64. The number of benzene rings is 2. The zero-order chi connectivity index (χ0) is 20.8. The number of ether oxygens (including phenoxy) is 1. The lowest BCUT2D eigenvalue weighted by Gasteiger charge is -2.15. The third kappa shape index (κ3) is 4.81. The van der Waals surface area contributed by atoms with E-state index in [-0.39, 0.29) is 17.3 Å². The van der Waals surface area contributed by atoms with Gasteiger partial charge in [-0.1, -0.05) is 13.8 Å². The van der Waals surface area contributed by atoms with E-state index in [1.807, 2.05) is 26.0 Å². The summed E-state index contributed by atoms with van der Waals surface area (Å²) in [6.07, 6.45) is 1.56. The first kappa shape index (κ1) is 20.8. The van der Waals surface area contributed by atoms with Crippen molar-refractivity contribution in [3.05, 3.63) is 67.3 Å². The van der Waals surface area contributed by atoms with Crippen LogP contribution in [0.15, 0.2) is 35.4 Å². The van der Waals surface area contributed by atoms with Crippen LogP contribution in [0.5, 0.6) is 5.75 Å².